The lowest BCUT2D eigenvalue weighted by Crippen LogP contribution is -1.84. The Morgan fingerprint density at radius 3 is 2.61 bits per heavy atom. The van der Waals surface area contributed by atoms with E-state index in [0.29, 0.717) is 5.89 Å². The van der Waals surface area contributed by atoms with Gasteiger partial charge in [-0.25, -0.2) is 9.97 Å². The van der Waals surface area contributed by atoms with Crippen molar-refractivity contribution < 1.29 is 4.42 Å². The predicted molar refractivity (Wildman–Crippen MR) is 95.9 cm³/mol. The van der Waals surface area contributed by atoms with Crippen molar-refractivity contribution in [3.05, 3.63) is 66.1 Å². The molecule has 2 heterocycles. The van der Waals surface area contributed by atoms with Crippen LogP contribution < -0.4 is 0 Å². The molecule has 0 N–H and O–H groups in total. The van der Waals surface area contributed by atoms with Crippen LogP contribution in [0.4, 0.5) is 0 Å². The lowest BCUT2D eigenvalue weighted by molar-refractivity contribution is 0.540. The van der Waals surface area contributed by atoms with Gasteiger partial charge in [-0.05, 0) is 31.2 Å². The molecule has 114 valence electrons. The van der Waals surface area contributed by atoms with Gasteiger partial charge in [0.25, 0.3) is 0 Å². The minimum absolute atomic E-state index is 0.683. The molecule has 0 saturated heterocycles. The molecule has 5 heteroatoms. The van der Waals surface area contributed by atoms with E-state index in [0.717, 1.165) is 32.6 Å². The highest BCUT2D eigenvalue weighted by Gasteiger charge is 2.12. The number of hydrogen-bond donors (Lipinski definition) is 0. The third-order valence-electron chi connectivity index (χ3n) is 3.52. The van der Waals surface area contributed by atoms with Crippen LogP contribution in [0.1, 0.15) is 11.5 Å². The smallest absolute Gasteiger partial charge is 0.226 e. The molecule has 0 aliphatic heterocycles. The summed E-state index contributed by atoms with van der Waals surface area (Å²) in [4.78, 5) is 9.28. The van der Waals surface area contributed by atoms with Crippen LogP contribution in [0.15, 0.2) is 63.4 Å². The molecule has 4 aromatic rings. The first-order chi connectivity index (χ1) is 11.3. The van der Waals surface area contributed by atoms with Gasteiger partial charge in [0.05, 0.1) is 15.9 Å². The largest absolute Gasteiger partial charge is 0.441 e. The van der Waals surface area contributed by atoms with Crippen LogP contribution in [0, 0.1) is 6.92 Å². The molecule has 4 rings (SSSR count). The SMILES string of the molecule is Cc1oc(-c2ccccc2)nc1CSc1nc2ccccc2s1. The molecule has 0 bridgehead atoms. The van der Waals surface area contributed by atoms with E-state index in [9.17, 15) is 0 Å². The van der Waals surface area contributed by atoms with Gasteiger partial charge in [0.1, 0.15) is 5.76 Å². The lowest BCUT2D eigenvalue weighted by Gasteiger charge is -1.94. The monoisotopic (exact) mass is 338 g/mol. The van der Waals surface area contributed by atoms with E-state index in [1.165, 1.54) is 4.70 Å². The van der Waals surface area contributed by atoms with Crippen molar-refractivity contribution in [2.24, 2.45) is 0 Å². The van der Waals surface area contributed by atoms with Crippen molar-refractivity contribution in [3.8, 4) is 11.5 Å². The van der Waals surface area contributed by atoms with Crippen molar-refractivity contribution in [2.75, 3.05) is 0 Å². The van der Waals surface area contributed by atoms with Gasteiger partial charge in [-0.3, -0.25) is 0 Å². The molecule has 0 saturated carbocycles. The minimum Gasteiger partial charge on any atom is -0.441 e. The molecule has 0 atom stereocenters. The van der Waals surface area contributed by atoms with Crippen LogP contribution in [-0.2, 0) is 5.75 Å². The quantitative estimate of drug-likeness (QED) is 0.457. The van der Waals surface area contributed by atoms with Crippen LogP contribution in [0.2, 0.25) is 0 Å². The Labute approximate surface area is 142 Å². The number of thioether (sulfide) groups is 1. The summed E-state index contributed by atoms with van der Waals surface area (Å²) in [6.45, 7) is 1.97. The summed E-state index contributed by atoms with van der Waals surface area (Å²) in [6.07, 6.45) is 0. The number of oxazole rings is 1. The summed E-state index contributed by atoms with van der Waals surface area (Å²) in [7, 11) is 0. The number of benzene rings is 2. The first-order valence-corrected chi connectivity index (χ1v) is 9.10. The zero-order valence-corrected chi connectivity index (χ0v) is 14.2. The van der Waals surface area contributed by atoms with Crippen LogP contribution in [-0.4, -0.2) is 9.97 Å². The molecule has 0 radical (unpaired) electrons. The third-order valence-corrected chi connectivity index (χ3v) is 5.71. The second-order valence-corrected chi connectivity index (χ2v) is 7.38. The molecule has 23 heavy (non-hydrogen) atoms. The van der Waals surface area contributed by atoms with E-state index in [1.807, 2.05) is 55.5 Å². The molecule has 3 nitrogen and oxygen atoms in total. The van der Waals surface area contributed by atoms with E-state index in [2.05, 4.69) is 16.0 Å². The zero-order valence-electron chi connectivity index (χ0n) is 12.5. The Bertz CT molecular complexity index is 911. The summed E-state index contributed by atoms with van der Waals surface area (Å²) < 4.78 is 8.09. The third kappa shape index (κ3) is 3.02. The maximum atomic E-state index is 5.81. The molecule has 0 spiro atoms. The van der Waals surface area contributed by atoms with Gasteiger partial charge >= 0.3 is 0 Å². The van der Waals surface area contributed by atoms with E-state index < -0.39 is 0 Å². The number of aromatic nitrogens is 2. The number of aryl methyl sites for hydroxylation is 1. The first-order valence-electron chi connectivity index (χ1n) is 7.30. The summed E-state index contributed by atoms with van der Waals surface area (Å²) in [5.41, 5.74) is 3.04. The summed E-state index contributed by atoms with van der Waals surface area (Å²) in [5.74, 6) is 2.32. The van der Waals surface area contributed by atoms with E-state index >= 15 is 0 Å². The molecule has 2 aromatic carbocycles. The van der Waals surface area contributed by atoms with Crippen molar-refractivity contribution >= 4 is 33.3 Å². The fourth-order valence-corrected chi connectivity index (χ4v) is 4.38. The summed E-state index contributed by atoms with van der Waals surface area (Å²) in [5, 5.41) is 0. The van der Waals surface area contributed by atoms with Crippen molar-refractivity contribution in [1.82, 2.24) is 9.97 Å². The normalized spacial score (nSPS) is 11.2. The average molecular weight is 338 g/mol. The molecule has 0 fully saturated rings. The topological polar surface area (TPSA) is 38.9 Å². The molecule has 0 unspecified atom stereocenters. The van der Waals surface area contributed by atoms with Gasteiger partial charge in [-0.1, -0.05) is 42.1 Å². The maximum Gasteiger partial charge on any atom is 0.226 e. The Hall–Kier alpha value is -2.11. The van der Waals surface area contributed by atoms with E-state index in [4.69, 9.17) is 4.42 Å². The summed E-state index contributed by atoms with van der Waals surface area (Å²) in [6, 6.07) is 18.2. The predicted octanol–water partition coefficient (Wildman–Crippen LogP) is 5.55. The zero-order chi connectivity index (χ0) is 15.6. The van der Waals surface area contributed by atoms with Gasteiger partial charge in [-0.15, -0.1) is 11.3 Å². The number of hydrogen-bond acceptors (Lipinski definition) is 5. The van der Waals surface area contributed by atoms with Gasteiger partial charge < -0.3 is 4.42 Å². The molecule has 2 aromatic heterocycles. The highest BCUT2D eigenvalue weighted by Crippen LogP contribution is 2.32. The van der Waals surface area contributed by atoms with Crippen LogP contribution in [0.25, 0.3) is 21.7 Å². The molecule has 0 amide bonds. The average Bonchev–Trinajstić information content (AvgIpc) is 3.16. The Balaban J connectivity index is 1.54. The maximum absolute atomic E-state index is 5.81. The highest BCUT2D eigenvalue weighted by atomic mass is 32.2. The van der Waals surface area contributed by atoms with Crippen LogP contribution in [0.3, 0.4) is 0 Å². The van der Waals surface area contributed by atoms with Gasteiger partial charge in [-0.2, -0.15) is 0 Å². The summed E-state index contributed by atoms with van der Waals surface area (Å²) >= 11 is 3.43. The molecule has 0 aliphatic rings. The highest BCUT2D eigenvalue weighted by molar-refractivity contribution is 8.00. The fourth-order valence-electron chi connectivity index (χ4n) is 2.31. The fraction of sp³-hybridized carbons (Fsp3) is 0.111. The second-order valence-electron chi connectivity index (χ2n) is 5.12. The Morgan fingerprint density at radius 2 is 1.78 bits per heavy atom. The van der Waals surface area contributed by atoms with E-state index in [1.54, 1.807) is 23.1 Å². The second kappa shape index (κ2) is 6.18. The lowest BCUT2D eigenvalue weighted by atomic mass is 10.2. The van der Waals surface area contributed by atoms with Gasteiger partial charge in [0, 0.05) is 11.3 Å². The standard InChI is InChI=1S/C18H14N2OS2/c1-12-15(19-17(21-12)13-7-3-2-4-8-13)11-22-18-20-14-9-5-6-10-16(14)23-18/h2-10H,11H2,1H3. The van der Waals surface area contributed by atoms with Crippen molar-refractivity contribution in [2.45, 2.75) is 17.0 Å². The molecule has 0 aliphatic carbocycles. The number of nitrogens with zero attached hydrogens (tertiary/aromatic N) is 2. The van der Waals surface area contributed by atoms with Gasteiger partial charge in [0.15, 0.2) is 4.34 Å². The number of fused-ring (bicyclic) bond motifs is 1. The van der Waals surface area contributed by atoms with Gasteiger partial charge in [0.2, 0.25) is 5.89 Å². The number of thiazole rings is 1. The first kappa shape index (κ1) is 14.5. The van der Waals surface area contributed by atoms with Crippen LogP contribution >= 0.6 is 23.1 Å². The molecular weight excluding hydrogens is 324 g/mol. The van der Waals surface area contributed by atoms with E-state index in [-0.39, 0.29) is 0 Å². The Morgan fingerprint density at radius 1 is 1.00 bits per heavy atom. The van der Waals surface area contributed by atoms with Crippen molar-refractivity contribution in [1.29, 1.82) is 0 Å². The van der Waals surface area contributed by atoms with Crippen molar-refractivity contribution in [3.63, 3.8) is 0 Å². The van der Waals surface area contributed by atoms with Crippen LogP contribution in [0.5, 0.6) is 0 Å². The number of para-hydroxylation sites is 1. The minimum atomic E-state index is 0.683. The molecular formula is C18H14N2OS2. The Kier molecular flexibility index (Phi) is 3.89. The number of rotatable bonds is 4.